The number of nitrogens with zero attached hydrogens (tertiary/aromatic N) is 3. The van der Waals surface area contributed by atoms with Crippen molar-refractivity contribution in [2.24, 2.45) is 0 Å². The zero-order chi connectivity index (χ0) is 18.9. The molecular weight excluding hydrogens is 338 g/mol. The van der Waals surface area contributed by atoms with Crippen LogP contribution in [0, 0.1) is 0 Å². The molecule has 5 nitrogen and oxygen atoms in total. The van der Waals surface area contributed by atoms with Crippen LogP contribution in [-0.2, 0) is 0 Å². The van der Waals surface area contributed by atoms with Crippen LogP contribution in [0.25, 0.3) is 0 Å². The molecule has 2 aliphatic rings. The first-order chi connectivity index (χ1) is 13.1. The van der Waals surface area contributed by atoms with Crippen LogP contribution in [-0.4, -0.2) is 60.0 Å². The van der Waals surface area contributed by atoms with Gasteiger partial charge in [-0.25, -0.2) is 4.98 Å². The average Bonchev–Trinajstić information content (AvgIpc) is 3.04. The number of likely N-dealkylation sites (tertiary alicyclic amines) is 2. The lowest BCUT2D eigenvalue weighted by molar-refractivity contribution is 0.0491. The largest absolute Gasteiger partial charge is 0.481 e. The van der Waals surface area contributed by atoms with Crippen molar-refractivity contribution in [2.75, 3.05) is 33.8 Å². The third-order valence-electron chi connectivity index (χ3n) is 6.37. The van der Waals surface area contributed by atoms with Crippen molar-refractivity contribution in [3.8, 4) is 5.88 Å². The molecule has 2 aliphatic heterocycles. The van der Waals surface area contributed by atoms with Crippen LogP contribution in [0.5, 0.6) is 5.88 Å². The van der Waals surface area contributed by atoms with Gasteiger partial charge in [-0.2, -0.15) is 0 Å². The van der Waals surface area contributed by atoms with Gasteiger partial charge in [0.25, 0.3) is 5.91 Å². The standard InChI is InChI=1S/C22H27N3O2/c1-24-16-19(17-6-4-3-5-7-17)15-22(24)9-12-25(13-10-22)21(26)18-8-11-23-20(14-18)27-2/h3-8,11,14,19H,9-10,12-13,15-16H2,1-2H3/t19-/m0/s1. The maximum Gasteiger partial charge on any atom is 0.254 e. The van der Waals surface area contributed by atoms with E-state index in [-0.39, 0.29) is 11.4 Å². The van der Waals surface area contributed by atoms with Gasteiger partial charge in [0, 0.05) is 43.0 Å². The van der Waals surface area contributed by atoms with E-state index in [1.807, 2.05) is 4.90 Å². The van der Waals surface area contributed by atoms with E-state index in [2.05, 4.69) is 47.3 Å². The first kappa shape index (κ1) is 18.0. The number of carbonyl (C=O) groups is 1. The number of pyridine rings is 1. The molecule has 1 atom stereocenters. The molecule has 1 aromatic carbocycles. The highest BCUT2D eigenvalue weighted by molar-refractivity contribution is 5.94. The van der Waals surface area contributed by atoms with Gasteiger partial charge < -0.3 is 9.64 Å². The smallest absolute Gasteiger partial charge is 0.254 e. The van der Waals surface area contributed by atoms with Crippen LogP contribution in [0.3, 0.4) is 0 Å². The predicted molar refractivity (Wildman–Crippen MR) is 105 cm³/mol. The monoisotopic (exact) mass is 365 g/mol. The Hall–Kier alpha value is -2.40. The molecule has 5 heteroatoms. The Morgan fingerprint density at radius 2 is 1.93 bits per heavy atom. The number of rotatable bonds is 3. The third-order valence-corrected chi connectivity index (χ3v) is 6.37. The van der Waals surface area contributed by atoms with Gasteiger partial charge in [-0.1, -0.05) is 30.3 Å². The Bertz CT molecular complexity index is 800. The van der Waals surface area contributed by atoms with E-state index < -0.39 is 0 Å². The summed E-state index contributed by atoms with van der Waals surface area (Å²) in [6, 6.07) is 14.3. The lowest BCUT2D eigenvalue weighted by Crippen LogP contribution is -2.52. The van der Waals surface area contributed by atoms with Gasteiger partial charge >= 0.3 is 0 Å². The molecule has 0 N–H and O–H groups in total. The van der Waals surface area contributed by atoms with Crippen LogP contribution in [0.1, 0.15) is 41.1 Å². The van der Waals surface area contributed by atoms with Gasteiger partial charge in [-0.15, -0.1) is 0 Å². The topological polar surface area (TPSA) is 45.7 Å². The van der Waals surface area contributed by atoms with E-state index >= 15 is 0 Å². The Kier molecular flexibility index (Phi) is 4.87. The SMILES string of the molecule is COc1cc(C(=O)N2CCC3(CC2)C[C@H](c2ccccc2)CN3C)ccn1. The number of ether oxygens (including phenoxy) is 1. The molecular formula is C22H27N3O2. The number of likely N-dealkylation sites (N-methyl/N-ethyl adjacent to an activating group) is 1. The van der Waals surface area contributed by atoms with Crippen molar-refractivity contribution < 1.29 is 9.53 Å². The summed E-state index contributed by atoms with van der Waals surface area (Å²) in [5.41, 5.74) is 2.30. The van der Waals surface area contributed by atoms with Crippen molar-refractivity contribution >= 4 is 5.91 Å². The highest BCUT2D eigenvalue weighted by Gasteiger charge is 2.46. The van der Waals surface area contributed by atoms with Gasteiger partial charge in [-0.3, -0.25) is 9.69 Å². The zero-order valence-corrected chi connectivity index (χ0v) is 16.1. The molecule has 1 amide bonds. The lowest BCUT2D eigenvalue weighted by Gasteiger charge is -2.43. The molecule has 1 aromatic heterocycles. The fourth-order valence-electron chi connectivity index (χ4n) is 4.70. The molecule has 0 aliphatic carbocycles. The highest BCUT2D eigenvalue weighted by Crippen LogP contribution is 2.44. The van der Waals surface area contributed by atoms with Crippen LogP contribution < -0.4 is 4.74 Å². The minimum Gasteiger partial charge on any atom is -0.481 e. The molecule has 2 saturated heterocycles. The van der Waals surface area contributed by atoms with Gasteiger partial charge in [0.15, 0.2) is 0 Å². The van der Waals surface area contributed by atoms with Crippen LogP contribution >= 0.6 is 0 Å². The third kappa shape index (κ3) is 3.44. The lowest BCUT2D eigenvalue weighted by atomic mass is 9.81. The van der Waals surface area contributed by atoms with E-state index in [1.54, 1.807) is 25.4 Å². The summed E-state index contributed by atoms with van der Waals surface area (Å²) < 4.78 is 5.15. The summed E-state index contributed by atoms with van der Waals surface area (Å²) in [4.78, 5) is 21.5. The Labute approximate surface area is 161 Å². The number of hydrogen-bond acceptors (Lipinski definition) is 4. The number of amides is 1. The molecule has 1 spiro atoms. The molecule has 4 rings (SSSR count). The Balaban J connectivity index is 1.43. The number of methoxy groups -OCH3 is 1. The first-order valence-corrected chi connectivity index (χ1v) is 9.67. The number of hydrogen-bond donors (Lipinski definition) is 0. The first-order valence-electron chi connectivity index (χ1n) is 9.67. The van der Waals surface area contributed by atoms with E-state index in [0.717, 1.165) is 32.5 Å². The molecule has 27 heavy (non-hydrogen) atoms. The average molecular weight is 365 g/mol. The van der Waals surface area contributed by atoms with Crippen molar-refractivity contribution in [1.82, 2.24) is 14.8 Å². The predicted octanol–water partition coefficient (Wildman–Crippen LogP) is 3.18. The van der Waals surface area contributed by atoms with Crippen LogP contribution in [0.2, 0.25) is 0 Å². The molecule has 0 bridgehead atoms. The second kappa shape index (κ2) is 7.31. The summed E-state index contributed by atoms with van der Waals surface area (Å²) >= 11 is 0. The van der Waals surface area contributed by atoms with E-state index in [1.165, 1.54) is 12.0 Å². The zero-order valence-electron chi connectivity index (χ0n) is 16.1. The maximum absolute atomic E-state index is 12.9. The van der Waals surface area contributed by atoms with E-state index in [9.17, 15) is 4.79 Å². The van der Waals surface area contributed by atoms with Gasteiger partial charge in [0.1, 0.15) is 0 Å². The van der Waals surface area contributed by atoms with Gasteiger partial charge in [0.05, 0.1) is 7.11 Å². The van der Waals surface area contributed by atoms with Crippen LogP contribution in [0.15, 0.2) is 48.7 Å². The summed E-state index contributed by atoms with van der Waals surface area (Å²) in [5, 5.41) is 0. The van der Waals surface area contributed by atoms with E-state index in [0.29, 0.717) is 17.4 Å². The minimum atomic E-state index is 0.0748. The molecule has 0 unspecified atom stereocenters. The summed E-state index contributed by atoms with van der Waals surface area (Å²) in [5.74, 6) is 1.14. The summed E-state index contributed by atoms with van der Waals surface area (Å²) in [6.45, 7) is 2.70. The van der Waals surface area contributed by atoms with Crippen molar-refractivity contribution in [1.29, 1.82) is 0 Å². The van der Waals surface area contributed by atoms with Crippen molar-refractivity contribution in [2.45, 2.75) is 30.7 Å². The Morgan fingerprint density at radius 1 is 1.19 bits per heavy atom. The number of piperidine rings is 1. The summed E-state index contributed by atoms with van der Waals surface area (Å²) in [7, 11) is 3.81. The minimum absolute atomic E-state index is 0.0748. The van der Waals surface area contributed by atoms with Gasteiger partial charge in [0.2, 0.25) is 5.88 Å². The molecule has 0 radical (unpaired) electrons. The number of aromatic nitrogens is 1. The normalized spacial score (nSPS) is 22.1. The van der Waals surface area contributed by atoms with Crippen molar-refractivity contribution in [3.63, 3.8) is 0 Å². The van der Waals surface area contributed by atoms with Gasteiger partial charge in [-0.05, 0) is 43.9 Å². The van der Waals surface area contributed by atoms with Crippen LogP contribution in [0.4, 0.5) is 0 Å². The molecule has 2 aromatic rings. The molecule has 3 heterocycles. The second-order valence-electron chi connectivity index (χ2n) is 7.80. The molecule has 142 valence electrons. The highest BCUT2D eigenvalue weighted by atomic mass is 16.5. The maximum atomic E-state index is 12.9. The van der Waals surface area contributed by atoms with Crippen molar-refractivity contribution in [3.05, 3.63) is 59.8 Å². The number of benzene rings is 1. The molecule has 2 fully saturated rings. The summed E-state index contributed by atoms with van der Waals surface area (Å²) in [6.07, 6.45) is 4.87. The van der Waals surface area contributed by atoms with E-state index in [4.69, 9.17) is 4.74 Å². The molecule has 0 saturated carbocycles. The Morgan fingerprint density at radius 3 is 2.63 bits per heavy atom. The quantitative estimate of drug-likeness (QED) is 0.838. The second-order valence-corrected chi connectivity index (χ2v) is 7.80. The fraction of sp³-hybridized carbons (Fsp3) is 0.455. The fourth-order valence-corrected chi connectivity index (χ4v) is 4.70. The number of carbonyl (C=O) groups excluding carboxylic acids is 1.